The van der Waals surface area contributed by atoms with Crippen molar-refractivity contribution in [3.8, 4) is 5.75 Å². The van der Waals surface area contributed by atoms with E-state index in [0.29, 0.717) is 29.2 Å². The smallest absolute Gasteiger partial charge is 0.142 e. The summed E-state index contributed by atoms with van der Waals surface area (Å²) in [5, 5.41) is 25.2. The summed E-state index contributed by atoms with van der Waals surface area (Å²) in [5.41, 5.74) is 7.90. The molecule has 2 rings (SSSR count). The van der Waals surface area contributed by atoms with Gasteiger partial charge in [0.25, 0.3) is 0 Å². The minimum Gasteiger partial charge on any atom is -0.548 e. The molecule has 0 amide bonds. The fourth-order valence-electron chi connectivity index (χ4n) is 2.52. The lowest BCUT2D eigenvalue weighted by Gasteiger charge is -2.23. The van der Waals surface area contributed by atoms with Crippen molar-refractivity contribution in [2.45, 2.75) is 19.9 Å². The molecule has 0 saturated carbocycles. The summed E-state index contributed by atoms with van der Waals surface area (Å²) in [6.07, 6.45) is 0. The number of halogens is 1. The average molecular weight is 392 g/mol. The number of nitrogens with two attached hydrogens (primary N) is 1. The van der Waals surface area contributed by atoms with Crippen LogP contribution in [-0.4, -0.2) is 25.0 Å². The van der Waals surface area contributed by atoms with Gasteiger partial charge in [0.2, 0.25) is 0 Å². The van der Waals surface area contributed by atoms with Crippen LogP contribution in [0.1, 0.15) is 31.0 Å². The summed E-state index contributed by atoms with van der Waals surface area (Å²) in [4.78, 5) is 11.7. The molecule has 146 valence electrons. The van der Waals surface area contributed by atoms with Crippen LogP contribution in [0.2, 0.25) is 0 Å². The van der Waals surface area contributed by atoms with Crippen molar-refractivity contribution in [1.29, 1.82) is 5.41 Å². The van der Waals surface area contributed by atoms with Gasteiger partial charge in [0, 0.05) is 17.8 Å². The van der Waals surface area contributed by atoms with Gasteiger partial charge in [-0.15, -0.1) is 12.4 Å². The Morgan fingerprint density at radius 3 is 2.41 bits per heavy atom. The van der Waals surface area contributed by atoms with Crippen LogP contribution in [0.3, 0.4) is 0 Å². The number of ether oxygens (including phenoxy) is 1. The van der Waals surface area contributed by atoms with Gasteiger partial charge in [-0.3, -0.25) is 5.41 Å². The zero-order chi connectivity index (χ0) is 19.1. The van der Waals surface area contributed by atoms with E-state index in [1.54, 1.807) is 42.5 Å². The Hall–Kier alpha value is -2.93. The second-order valence-electron chi connectivity index (χ2n) is 5.61. The van der Waals surface area contributed by atoms with Crippen LogP contribution >= 0.6 is 12.4 Å². The molecule has 0 bridgehead atoms. The van der Waals surface area contributed by atoms with Crippen LogP contribution in [0.4, 0.5) is 11.4 Å². The molecule has 0 fully saturated rings. The molecule has 0 saturated heterocycles. The molecule has 27 heavy (non-hydrogen) atoms. The third-order valence-corrected chi connectivity index (χ3v) is 3.75. The minimum absolute atomic E-state index is 0. The molecular formula is C19H24ClN4O3-. The molecule has 8 heteroatoms. The van der Waals surface area contributed by atoms with E-state index in [0.717, 1.165) is 12.2 Å². The van der Waals surface area contributed by atoms with E-state index in [1.165, 1.54) is 0 Å². The van der Waals surface area contributed by atoms with E-state index in [1.807, 2.05) is 13.8 Å². The van der Waals surface area contributed by atoms with Crippen molar-refractivity contribution in [3.63, 3.8) is 0 Å². The summed E-state index contributed by atoms with van der Waals surface area (Å²) < 4.78 is 5.61. The largest absolute Gasteiger partial charge is 0.548 e. The Bertz CT molecular complexity index is 781. The molecule has 0 aliphatic rings. The minimum atomic E-state index is -1.25. The lowest BCUT2D eigenvalue weighted by atomic mass is 10.0. The van der Waals surface area contributed by atoms with Crippen LogP contribution < -0.4 is 26.2 Å². The van der Waals surface area contributed by atoms with Gasteiger partial charge in [0.15, 0.2) is 0 Å². The predicted molar refractivity (Wildman–Crippen MR) is 108 cm³/mol. The fraction of sp³-hybridized carbons (Fsp3) is 0.263. The number of nitrogen functional groups attached to an aromatic ring is 1. The molecule has 1 atom stereocenters. The van der Waals surface area contributed by atoms with Crippen LogP contribution in [0, 0.1) is 5.41 Å². The average Bonchev–Trinajstić information content (AvgIpc) is 2.62. The molecule has 1 unspecified atom stereocenters. The van der Waals surface area contributed by atoms with Crippen molar-refractivity contribution < 1.29 is 14.6 Å². The molecule has 0 aliphatic carbocycles. The lowest BCUT2D eigenvalue weighted by molar-refractivity contribution is -0.307. The maximum Gasteiger partial charge on any atom is 0.142 e. The number of rotatable bonds is 9. The molecule has 5 N–H and O–H groups in total. The predicted octanol–water partition coefficient (Wildman–Crippen LogP) is 2.13. The van der Waals surface area contributed by atoms with Gasteiger partial charge in [-0.05, 0) is 55.8 Å². The Morgan fingerprint density at radius 1 is 1.22 bits per heavy atom. The zero-order valence-corrected chi connectivity index (χ0v) is 16.1. The topological polar surface area (TPSA) is 123 Å². The van der Waals surface area contributed by atoms with Crippen molar-refractivity contribution in [2.75, 3.05) is 23.8 Å². The monoisotopic (exact) mass is 391 g/mol. The SMILES string of the molecule is CCNc1ccc(C(Nc2ccc(C(=N)N)cc2)C(=O)[O-])cc1OCC.Cl. The van der Waals surface area contributed by atoms with Gasteiger partial charge in [0.05, 0.1) is 24.3 Å². The van der Waals surface area contributed by atoms with Crippen LogP contribution in [0.15, 0.2) is 42.5 Å². The molecular weight excluding hydrogens is 368 g/mol. The number of carboxylic acid groups (broad SMARTS) is 1. The van der Waals surface area contributed by atoms with Gasteiger partial charge in [-0.2, -0.15) is 0 Å². The van der Waals surface area contributed by atoms with E-state index in [4.69, 9.17) is 15.9 Å². The highest BCUT2D eigenvalue weighted by Gasteiger charge is 2.15. The third-order valence-electron chi connectivity index (χ3n) is 3.75. The molecule has 0 aromatic heterocycles. The van der Waals surface area contributed by atoms with Gasteiger partial charge in [0.1, 0.15) is 11.6 Å². The maximum absolute atomic E-state index is 11.7. The van der Waals surface area contributed by atoms with Crippen molar-refractivity contribution in [2.24, 2.45) is 5.73 Å². The first-order chi connectivity index (χ1) is 12.5. The Kier molecular flexibility index (Phi) is 8.41. The molecule has 0 spiro atoms. The van der Waals surface area contributed by atoms with E-state index in [-0.39, 0.29) is 18.2 Å². The zero-order valence-electron chi connectivity index (χ0n) is 15.2. The molecule has 7 nitrogen and oxygen atoms in total. The number of nitrogens with one attached hydrogen (secondary N) is 3. The lowest BCUT2D eigenvalue weighted by Crippen LogP contribution is -2.34. The normalized spacial score (nSPS) is 11.0. The van der Waals surface area contributed by atoms with E-state index >= 15 is 0 Å². The Balaban J connectivity index is 0.00000364. The van der Waals surface area contributed by atoms with Gasteiger partial charge < -0.3 is 31.0 Å². The number of hydrogen-bond acceptors (Lipinski definition) is 6. The highest BCUT2D eigenvalue weighted by Crippen LogP contribution is 2.30. The Labute approximate surface area is 164 Å². The number of anilines is 2. The first-order valence-electron chi connectivity index (χ1n) is 8.38. The quantitative estimate of drug-likeness (QED) is 0.383. The highest BCUT2D eigenvalue weighted by atomic mass is 35.5. The summed E-state index contributed by atoms with van der Waals surface area (Å²) in [5.74, 6) is -0.709. The standard InChI is InChI=1S/C19H24N4O3.ClH/c1-3-22-15-10-7-13(11-16(15)26-4-2)17(19(24)25)23-14-8-5-12(6-9-14)18(20)21;/h5-11,17,22-23H,3-4H2,1-2H3,(H3,20,21)(H,24,25);1H/p-1. The summed E-state index contributed by atoms with van der Waals surface area (Å²) in [6, 6.07) is 10.8. The number of aliphatic carboxylic acids is 1. The summed E-state index contributed by atoms with van der Waals surface area (Å²) >= 11 is 0. The number of amidine groups is 1. The number of benzene rings is 2. The molecule has 0 radical (unpaired) electrons. The third kappa shape index (κ3) is 5.79. The number of hydrogen-bond donors (Lipinski definition) is 4. The number of carbonyl (C=O) groups excluding carboxylic acids is 1. The molecule has 0 aliphatic heterocycles. The second kappa shape index (κ2) is 10.3. The van der Waals surface area contributed by atoms with Crippen molar-refractivity contribution in [3.05, 3.63) is 53.6 Å². The first kappa shape index (κ1) is 22.1. The van der Waals surface area contributed by atoms with Gasteiger partial charge in [-0.25, -0.2) is 0 Å². The number of carbonyl (C=O) groups is 1. The highest BCUT2D eigenvalue weighted by molar-refractivity contribution is 5.95. The first-order valence-corrected chi connectivity index (χ1v) is 8.38. The van der Waals surface area contributed by atoms with Crippen molar-refractivity contribution >= 4 is 35.6 Å². The van der Waals surface area contributed by atoms with Crippen molar-refractivity contribution in [1.82, 2.24) is 0 Å². The van der Waals surface area contributed by atoms with Gasteiger partial charge in [-0.1, -0.05) is 6.07 Å². The Morgan fingerprint density at radius 2 is 1.89 bits per heavy atom. The second-order valence-corrected chi connectivity index (χ2v) is 5.61. The molecule has 2 aromatic rings. The summed E-state index contributed by atoms with van der Waals surface area (Å²) in [7, 11) is 0. The molecule has 2 aromatic carbocycles. The maximum atomic E-state index is 11.7. The van der Waals surface area contributed by atoms with Crippen LogP contribution in [-0.2, 0) is 4.79 Å². The molecule has 0 heterocycles. The van der Waals surface area contributed by atoms with E-state index in [2.05, 4.69) is 10.6 Å². The van der Waals surface area contributed by atoms with Crippen LogP contribution in [0.5, 0.6) is 5.75 Å². The summed E-state index contributed by atoms with van der Waals surface area (Å²) in [6.45, 7) is 5.04. The van der Waals surface area contributed by atoms with Gasteiger partial charge >= 0.3 is 0 Å². The fourth-order valence-corrected chi connectivity index (χ4v) is 2.52. The van der Waals surface area contributed by atoms with Crippen LogP contribution in [0.25, 0.3) is 0 Å². The van der Waals surface area contributed by atoms with E-state index < -0.39 is 12.0 Å². The number of carboxylic acids is 1. The van der Waals surface area contributed by atoms with E-state index in [9.17, 15) is 9.90 Å².